The number of thiophene rings is 1. The van der Waals surface area contributed by atoms with Gasteiger partial charge in [0.25, 0.3) is 10.0 Å². The molecule has 160 valence electrons. The average molecular weight is 455 g/mol. The molecule has 3 aromatic heterocycles. The third-order valence-corrected chi connectivity index (χ3v) is 7.78. The Morgan fingerprint density at radius 1 is 0.871 bits per heavy atom. The van der Waals surface area contributed by atoms with Crippen LogP contribution in [0, 0.1) is 27.7 Å². The van der Waals surface area contributed by atoms with Crippen LogP contribution >= 0.6 is 11.3 Å². The van der Waals surface area contributed by atoms with Gasteiger partial charge >= 0.3 is 0 Å². The zero-order chi connectivity index (χ0) is 22.2. The summed E-state index contributed by atoms with van der Waals surface area (Å²) in [5.74, 6) is 1.22. The maximum atomic E-state index is 12.4. The van der Waals surface area contributed by atoms with Gasteiger partial charge in [0.05, 0.1) is 5.69 Å². The SMILES string of the molecule is Cc1ccc(S(=O)(=O)Nc2ccc(Nc3ccc(-n4nc(C)c(C)c4C)nn3)cc2)s1. The van der Waals surface area contributed by atoms with Crippen molar-refractivity contribution >= 4 is 38.6 Å². The van der Waals surface area contributed by atoms with Crippen molar-refractivity contribution in [1.82, 2.24) is 20.0 Å². The van der Waals surface area contributed by atoms with Crippen LogP contribution in [0.25, 0.3) is 5.82 Å². The van der Waals surface area contributed by atoms with E-state index in [1.807, 2.05) is 39.8 Å². The third kappa shape index (κ3) is 4.44. The normalized spacial score (nSPS) is 11.5. The van der Waals surface area contributed by atoms with E-state index < -0.39 is 10.0 Å². The summed E-state index contributed by atoms with van der Waals surface area (Å²) < 4.78 is 29.5. The molecule has 10 heteroatoms. The minimum absolute atomic E-state index is 0.292. The second-order valence-electron chi connectivity index (χ2n) is 7.16. The Hall–Kier alpha value is -3.24. The smallest absolute Gasteiger partial charge is 0.271 e. The third-order valence-electron chi connectivity index (χ3n) is 4.91. The lowest BCUT2D eigenvalue weighted by atomic mass is 10.2. The van der Waals surface area contributed by atoms with Gasteiger partial charge in [-0.1, -0.05) is 0 Å². The molecule has 0 aliphatic rings. The van der Waals surface area contributed by atoms with Crippen LogP contribution in [0.3, 0.4) is 0 Å². The highest BCUT2D eigenvalue weighted by atomic mass is 32.2. The van der Waals surface area contributed by atoms with E-state index in [4.69, 9.17) is 0 Å². The Bertz CT molecular complexity index is 1320. The van der Waals surface area contributed by atoms with Gasteiger partial charge in [0, 0.05) is 21.9 Å². The summed E-state index contributed by atoms with van der Waals surface area (Å²) in [6, 6.07) is 14.0. The van der Waals surface area contributed by atoms with Crippen molar-refractivity contribution < 1.29 is 8.42 Å². The van der Waals surface area contributed by atoms with Gasteiger partial charge in [0.2, 0.25) is 0 Å². The van der Waals surface area contributed by atoms with E-state index in [9.17, 15) is 8.42 Å². The lowest BCUT2D eigenvalue weighted by Crippen LogP contribution is -2.11. The number of rotatable bonds is 6. The average Bonchev–Trinajstić information content (AvgIpc) is 3.29. The molecule has 0 aliphatic carbocycles. The molecule has 0 unspecified atom stereocenters. The van der Waals surface area contributed by atoms with Crippen LogP contribution in [0.1, 0.15) is 21.8 Å². The maximum absolute atomic E-state index is 12.4. The molecule has 0 amide bonds. The van der Waals surface area contributed by atoms with Crippen molar-refractivity contribution in [2.24, 2.45) is 0 Å². The zero-order valence-electron chi connectivity index (χ0n) is 17.5. The predicted octanol–water partition coefficient (Wildman–Crippen LogP) is 4.50. The summed E-state index contributed by atoms with van der Waals surface area (Å²) in [6.07, 6.45) is 0. The Kier molecular flexibility index (Phi) is 5.50. The molecule has 4 rings (SSSR count). The first kappa shape index (κ1) is 21.0. The largest absolute Gasteiger partial charge is 0.339 e. The maximum Gasteiger partial charge on any atom is 0.271 e. The molecule has 0 atom stereocenters. The minimum atomic E-state index is -3.58. The molecular weight excluding hydrogens is 432 g/mol. The summed E-state index contributed by atoms with van der Waals surface area (Å²) in [7, 11) is -3.58. The van der Waals surface area contributed by atoms with Gasteiger partial charge in [-0.05, 0) is 81.8 Å². The van der Waals surface area contributed by atoms with Crippen molar-refractivity contribution in [2.45, 2.75) is 31.9 Å². The number of nitrogens with one attached hydrogen (secondary N) is 2. The van der Waals surface area contributed by atoms with Gasteiger partial charge in [-0.3, -0.25) is 4.72 Å². The van der Waals surface area contributed by atoms with Gasteiger partial charge in [0.1, 0.15) is 4.21 Å². The molecule has 0 radical (unpaired) electrons. The fourth-order valence-corrected chi connectivity index (χ4v) is 5.32. The number of aromatic nitrogens is 4. The van der Waals surface area contributed by atoms with Crippen molar-refractivity contribution in [3.05, 3.63) is 70.4 Å². The highest BCUT2D eigenvalue weighted by molar-refractivity contribution is 7.94. The second kappa shape index (κ2) is 8.12. The molecule has 1 aromatic carbocycles. The number of anilines is 3. The van der Waals surface area contributed by atoms with Gasteiger partial charge in [-0.25, -0.2) is 13.1 Å². The molecule has 8 nitrogen and oxygen atoms in total. The van der Waals surface area contributed by atoms with Crippen molar-refractivity contribution in [3.8, 4) is 5.82 Å². The predicted molar refractivity (Wildman–Crippen MR) is 123 cm³/mol. The molecule has 2 N–H and O–H groups in total. The molecule has 4 aromatic rings. The van der Waals surface area contributed by atoms with Crippen LogP contribution in [0.4, 0.5) is 17.2 Å². The monoisotopic (exact) mass is 454 g/mol. The van der Waals surface area contributed by atoms with Crippen LogP contribution in [0.2, 0.25) is 0 Å². The molecule has 0 bridgehead atoms. The zero-order valence-corrected chi connectivity index (χ0v) is 19.2. The van der Waals surface area contributed by atoms with Crippen LogP contribution < -0.4 is 10.0 Å². The summed E-state index contributed by atoms with van der Waals surface area (Å²) in [4.78, 5) is 0.944. The Labute approximate surface area is 185 Å². The Morgan fingerprint density at radius 3 is 2.13 bits per heavy atom. The molecule has 0 saturated carbocycles. The van der Waals surface area contributed by atoms with Crippen molar-refractivity contribution in [1.29, 1.82) is 0 Å². The van der Waals surface area contributed by atoms with Crippen LogP contribution in [0.15, 0.2) is 52.7 Å². The van der Waals surface area contributed by atoms with Gasteiger partial charge in [-0.15, -0.1) is 21.5 Å². The quantitative estimate of drug-likeness (QED) is 0.445. The molecule has 0 fully saturated rings. The number of aryl methyl sites for hydroxylation is 2. The van der Waals surface area contributed by atoms with E-state index in [2.05, 4.69) is 25.3 Å². The van der Waals surface area contributed by atoms with E-state index in [1.54, 1.807) is 41.1 Å². The fraction of sp³-hybridized carbons (Fsp3) is 0.190. The highest BCUT2D eigenvalue weighted by Crippen LogP contribution is 2.25. The lowest BCUT2D eigenvalue weighted by Gasteiger charge is -2.09. The van der Waals surface area contributed by atoms with Crippen LogP contribution in [0.5, 0.6) is 0 Å². The lowest BCUT2D eigenvalue weighted by molar-refractivity contribution is 0.603. The summed E-state index contributed by atoms with van der Waals surface area (Å²) in [5, 5.41) is 16.1. The fourth-order valence-electron chi connectivity index (χ4n) is 2.98. The first-order valence-electron chi connectivity index (χ1n) is 9.56. The van der Waals surface area contributed by atoms with Crippen LogP contribution in [-0.2, 0) is 10.0 Å². The standard InChI is InChI=1S/C21H22N6O2S2/c1-13-5-12-21(30-13)31(28,29)26-18-8-6-17(7-9-18)22-19-10-11-20(24-23-19)27-16(4)14(2)15(3)25-27/h5-12,26H,1-4H3,(H,22,23). The molecule has 0 saturated heterocycles. The van der Waals surface area contributed by atoms with Crippen LogP contribution in [-0.4, -0.2) is 28.4 Å². The molecule has 3 heterocycles. The van der Waals surface area contributed by atoms with E-state index in [1.165, 1.54) is 11.3 Å². The molecule has 31 heavy (non-hydrogen) atoms. The van der Waals surface area contributed by atoms with Crippen molar-refractivity contribution in [3.63, 3.8) is 0 Å². The summed E-state index contributed by atoms with van der Waals surface area (Å²) in [6.45, 7) is 7.87. The molecule has 0 spiro atoms. The summed E-state index contributed by atoms with van der Waals surface area (Å²) in [5.41, 5.74) is 4.38. The number of nitrogens with zero attached hydrogens (tertiary/aromatic N) is 4. The van der Waals surface area contributed by atoms with E-state index in [0.29, 0.717) is 21.5 Å². The van der Waals surface area contributed by atoms with E-state index >= 15 is 0 Å². The van der Waals surface area contributed by atoms with Gasteiger partial charge in [-0.2, -0.15) is 5.10 Å². The van der Waals surface area contributed by atoms with E-state index in [0.717, 1.165) is 27.5 Å². The van der Waals surface area contributed by atoms with Gasteiger partial charge < -0.3 is 5.32 Å². The minimum Gasteiger partial charge on any atom is -0.339 e. The number of hydrogen-bond donors (Lipinski definition) is 2. The molecule has 0 aliphatic heterocycles. The first-order valence-corrected chi connectivity index (χ1v) is 11.9. The first-order chi connectivity index (χ1) is 14.7. The Balaban J connectivity index is 1.45. The van der Waals surface area contributed by atoms with Crippen molar-refractivity contribution in [2.75, 3.05) is 10.0 Å². The number of hydrogen-bond acceptors (Lipinski definition) is 7. The molecular formula is C21H22N6O2S2. The number of sulfonamides is 1. The summed E-state index contributed by atoms with van der Waals surface area (Å²) >= 11 is 1.24. The number of benzene rings is 1. The Morgan fingerprint density at radius 2 is 1.58 bits per heavy atom. The second-order valence-corrected chi connectivity index (χ2v) is 10.4. The van der Waals surface area contributed by atoms with E-state index in [-0.39, 0.29) is 0 Å². The highest BCUT2D eigenvalue weighted by Gasteiger charge is 2.16. The topological polar surface area (TPSA) is 102 Å². The van der Waals surface area contributed by atoms with Gasteiger partial charge in [0.15, 0.2) is 11.6 Å².